The van der Waals surface area contributed by atoms with Crippen molar-refractivity contribution in [2.75, 3.05) is 7.05 Å². The maximum atomic E-state index is 13.1. The molecule has 0 aliphatic heterocycles. The van der Waals surface area contributed by atoms with Gasteiger partial charge in [0.15, 0.2) is 0 Å². The highest BCUT2D eigenvalue weighted by atomic mass is 19.1. The van der Waals surface area contributed by atoms with Crippen molar-refractivity contribution in [2.24, 2.45) is 0 Å². The maximum absolute atomic E-state index is 13.1. The van der Waals surface area contributed by atoms with Gasteiger partial charge in [0, 0.05) is 31.2 Å². The molecule has 122 valence electrons. The molecule has 3 rings (SSSR count). The number of rotatable bonds is 4. The van der Waals surface area contributed by atoms with Crippen molar-refractivity contribution in [3.63, 3.8) is 0 Å². The molecule has 0 aliphatic rings. The molecule has 0 atom stereocenters. The van der Waals surface area contributed by atoms with E-state index in [0.717, 1.165) is 11.3 Å². The molecule has 0 saturated heterocycles. The number of amides is 1. The zero-order valence-corrected chi connectivity index (χ0v) is 13.5. The molecule has 0 fully saturated rings. The number of aromatic nitrogens is 3. The van der Waals surface area contributed by atoms with Crippen LogP contribution in [0.1, 0.15) is 21.7 Å². The number of halogens is 1. The lowest BCUT2D eigenvalue weighted by molar-refractivity contribution is 0.0777. The Hall–Kier alpha value is -3.02. The lowest BCUT2D eigenvalue weighted by Crippen LogP contribution is -2.28. The lowest BCUT2D eigenvalue weighted by atomic mass is 10.2. The minimum atomic E-state index is -0.322. The summed E-state index contributed by atoms with van der Waals surface area (Å²) < 4.78 is 14.7. The number of carbonyl (C=O) groups is 1. The number of aryl methyl sites for hydroxylation is 1. The third-order valence-electron chi connectivity index (χ3n) is 3.69. The molecule has 0 spiro atoms. The topological polar surface area (TPSA) is 51.0 Å². The highest BCUT2D eigenvalue weighted by Crippen LogP contribution is 2.15. The van der Waals surface area contributed by atoms with Crippen molar-refractivity contribution in [3.05, 3.63) is 77.9 Å². The second-order valence-electron chi connectivity index (χ2n) is 5.59. The SMILES string of the molecule is Cc1cc(CN(C)C(=O)c2cncn2-c2ccc(F)cc2)ccn1. The summed E-state index contributed by atoms with van der Waals surface area (Å²) in [6.45, 7) is 2.38. The fourth-order valence-corrected chi connectivity index (χ4v) is 2.50. The Morgan fingerprint density at radius 1 is 1.25 bits per heavy atom. The van der Waals surface area contributed by atoms with Gasteiger partial charge in [-0.15, -0.1) is 0 Å². The van der Waals surface area contributed by atoms with E-state index in [1.165, 1.54) is 18.3 Å². The zero-order chi connectivity index (χ0) is 17.1. The van der Waals surface area contributed by atoms with Crippen LogP contribution >= 0.6 is 0 Å². The van der Waals surface area contributed by atoms with Crippen molar-refractivity contribution < 1.29 is 9.18 Å². The van der Waals surface area contributed by atoms with Crippen LogP contribution in [0.4, 0.5) is 4.39 Å². The molecule has 6 heteroatoms. The normalized spacial score (nSPS) is 10.6. The molecule has 5 nitrogen and oxygen atoms in total. The van der Waals surface area contributed by atoms with Gasteiger partial charge in [-0.25, -0.2) is 9.37 Å². The zero-order valence-electron chi connectivity index (χ0n) is 13.5. The number of pyridine rings is 1. The molecule has 2 aromatic heterocycles. The van der Waals surface area contributed by atoms with Crippen molar-refractivity contribution in [2.45, 2.75) is 13.5 Å². The fraction of sp³-hybridized carbons (Fsp3) is 0.167. The van der Waals surface area contributed by atoms with Crippen LogP contribution in [-0.2, 0) is 6.54 Å². The molecule has 3 aromatic rings. The van der Waals surface area contributed by atoms with Crippen molar-refractivity contribution >= 4 is 5.91 Å². The van der Waals surface area contributed by atoms with Crippen LogP contribution in [0.3, 0.4) is 0 Å². The van der Waals surface area contributed by atoms with Gasteiger partial charge in [-0.1, -0.05) is 0 Å². The van der Waals surface area contributed by atoms with Gasteiger partial charge in [0.2, 0.25) is 0 Å². The van der Waals surface area contributed by atoms with Crippen LogP contribution in [0.2, 0.25) is 0 Å². The fourth-order valence-electron chi connectivity index (χ4n) is 2.50. The molecule has 1 aromatic carbocycles. The Morgan fingerprint density at radius 2 is 2.00 bits per heavy atom. The maximum Gasteiger partial charge on any atom is 0.272 e. The molecule has 0 saturated carbocycles. The van der Waals surface area contributed by atoms with E-state index in [1.54, 1.807) is 41.2 Å². The predicted octanol–water partition coefficient (Wildman–Crippen LogP) is 2.99. The average molecular weight is 324 g/mol. The Bertz CT molecular complexity index is 857. The number of benzene rings is 1. The second-order valence-corrected chi connectivity index (χ2v) is 5.59. The number of nitrogens with zero attached hydrogens (tertiary/aromatic N) is 4. The molecular formula is C18H17FN4O. The van der Waals surface area contributed by atoms with Crippen LogP contribution in [0.5, 0.6) is 0 Å². The summed E-state index contributed by atoms with van der Waals surface area (Å²) >= 11 is 0. The highest BCUT2D eigenvalue weighted by Gasteiger charge is 2.17. The van der Waals surface area contributed by atoms with Gasteiger partial charge >= 0.3 is 0 Å². The van der Waals surface area contributed by atoms with Gasteiger partial charge in [0.25, 0.3) is 5.91 Å². The van der Waals surface area contributed by atoms with E-state index < -0.39 is 0 Å². The molecule has 0 radical (unpaired) electrons. The minimum Gasteiger partial charge on any atom is -0.336 e. The third-order valence-corrected chi connectivity index (χ3v) is 3.69. The summed E-state index contributed by atoms with van der Waals surface area (Å²) in [5, 5.41) is 0. The lowest BCUT2D eigenvalue weighted by Gasteiger charge is -2.18. The van der Waals surface area contributed by atoms with E-state index in [2.05, 4.69) is 9.97 Å². The van der Waals surface area contributed by atoms with E-state index in [4.69, 9.17) is 0 Å². The van der Waals surface area contributed by atoms with E-state index in [0.29, 0.717) is 17.9 Å². The molecule has 0 bridgehead atoms. The van der Waals surface area contributed by atoms with E-state index >= 15 is 0 Å². The number of imidazole rings is 1. The molecule has 0 aliphatic carbocycles. The van der Waals surface area contributed by atoms with Gasteiger partial charge < -0.3 is 4.90 Å². The van der Waals surface area contributed by atoms with E-state index in [9.17, 15) is 9.18 Å². The first-order valence-corrected chi connectivity index (χ1v) is 7.50. The van der Waals surface area contributed by atoms with Gasteiger partial charge in [-0.2, -0.15) is 0 Å². The highest BCUT2D eigenvalue weighted by molar-refractivity contribution is 5.92. The summed E-state index contributed by atoms with van der Waals surface area (Å²) in [6, 6.07) is 9.76. The van der Waals surface area contributed by atoms with E-state index in [1.807, 2.05) is 19.1 Å². The molecule has 2 heterocycles. The Kier molecular flexibility index (Phi) is 4.37. The largest absolute Gasteiger partial charge is 0.336 e. The van der Waals surface area contributed by atoms with Gasteiger partial charge in [0.05, 0.1) is 12.5 Å². The van der Waals surface area contributed by atoms with Crippen LogP contribution in [-0.4, -0.2) is 32.4 Å². The Morgan fingerprint density at radius 3 is 2.71 bits per heavy atom. The standard InChI is InChI=1S/C18H17FN4O/c1-13-9-14(7-8-21-13)11-22(2)18(24)17-10-20-12-23(17)16-5-3-15(19)4-6-16/h3-10,12H,11H2,1-2H3. The van der Waals surface area contributed by atoms with Crippen molar-refractivity contribution in [1.29, 1.82) is 0 Å². The summed E-state index contributed by atoms with van der Waals surface area (Å²) in [6.07, 6.45) is 4.79. The van der Waals surface area contributed by atoms with Crippen LogP contribution < -0.4 is 0 Å². The van der Waals surface area contributed by atoms with Gasteiger partial charge in [-0.05, 0) is 48.9 Å². The van der Waals surface area contributed by atoms with Crippen LogP contribution in [0.25, 0.3) is 5.69 Å². The predicted molar refractivity (Wildman–Crippen MR) is 88.3 cm³/mol. The van der Waals surface area contributed by atoms with Crippen LogP contribution in [0, 0.1) is 12.7 Å². The number of hydrogen-bond acceptors (Lipinski definition) is 3. The second kappa shape index (κ2) is 6.62. The first kappa shape index (κ1) is 15.9. The quantitative estimate of drug-likeness (QED) is 0.741. The van der Waals surface area contributed by atoms with E-state index in [-0.39, 0.29) is 11.7 Å². The molecule has 0 N–H and O–H groups in total. The average Bonchev–Trinajstić information content (AvgIpc) is 3.04. The third kappa shape index (κ3) is 3.32. The molecule has 1 amide bonds. The Labute approximate surface area is 139 Å². The summed E-state index contributed by atoms with van der Waals surface area (Å²) in [7, 11) is 1.74. The summed E-state index contributed by atoms with van der Waals surface area (Å²) in [5.74, 6) is -0.483. The van der Waals surface area contributed by atoms with Gasteiger partial charge in [0.1, 0.15) is 11.5 Å². The Balaban J connectivity index is 1.83. The van der Waals surface area contributed by atoms with Crippen LogP contribution in [0.15, 0.2) is 55.1 Å². The first-order valence-electron chi connectivity index (χ1n) is 7.50. The summed E-state index contributed by atoms with van der Waals surface area (Å²) in [5.41, 5.74) is 3.02. The molecule has 24 heavy (non-hydrogen) atoms. The minimum absolute atomic E-state index is 0.161. The van der Waals surface area contributed by atoms with Crippen molar-refractivity contribution in [3.8, 4) is 5.69 Å². The van der Waals surface area contributed by atoms with Crippen molar-refractivity contribution in [1.82, 2.24) is 19.4 Å². The number of carbonyl (C=O) groups excluding carboxylic acids is 1. The summed E-state index contributed by atoms with van der Waals surface area (Å²) in [4.78, 5) is 22.6. The molecule has 0 unspecified atom stereocenters. The monoisotopic (exact) mass is 324 g/mol. The number of hydrogen-bond donors (Lipinski definition) is 0. The van der Waals surface area contributed by atoms with Gasteiger partial charge in [-0.3, -0.25) is 14.3 Å². The molecular weight excluding hydrogens is 307 g/mol. The first-order chi connectivity index (χ1) is 11.5. The smallest absolute Gasteiger partial charge is 0.272 e.